The normalized spacial score (nSPS) is 31.6. The van der Waals surface area contributed by atoms with E-state index in [1.54, 1.807) is 0 Å². The predicted octanol–water partition coefficient (Wildman–Crippen LogP) is 4.05. The lowest BCUT2D eigenvalue weighted by atomic mass is 9.85. The summed E-state index contributed by atoms with van der Waals surface area (Å²) < 4.78 is 0. The highest BCUT2D eigenvalue weighted by molar-refractivity contribution is 7.11. The van der Waals surface area contributed by atoms with Crippen molar-refractivity contribution < 1.29 is 0 Å². The van der Waals surface area contributed by atoms with Crippen LogP contribution in [0.1, 0.15) is 57.2 Å². The van der Waals surface area contributed by atoms with Crippen molar-refractivity contribution in [3.05, 3.63) is 21.9 Å². The van der Waals surface area contributed by atoms with Gasteiger partial charge in [0.05, 0.1) is 0 Å². The van der Waals surface area contributed by atoms with E-state index in [-0.39, 0.29) is 11.1 Å². The Balaban J connectivity index is 2.15. The third kappa shape index (κ3) is 3.26. The van der Waals surface area contributed by atoms with Gasteiger partial charge in [0.15, 0.2) is 0 Å². The number of thiophene rings is 1. The molecule has 0 spiro atoms. The number of hydrogen-bond acceptors (Lipinski definition) is 3. The van der Waals surface area contributed by atoms with E-state index in [0.29, 0.717) is 0 Å². The minimum atomic E-state index is 0.263. The number of nitrogens with zero attached hydrogens (tertiary/aromatic N) is 1. The molecule has 1 aromatic rings. The lowest BCUT2D eigenvalue weighted by molar-refractivity contribution is 0.0112. The largest absolute Gasteiger partial charge is 0.308 e. The van der Waals surface area contributed by atoms with Gasteiger partial charge in [0, 0.05) is 40.5 Å². The molecule has 1 fully saturated rings. The van der Waals surface area contributed by atoms with Crippen LogP contribution < -0.4 is 5.32 Å². The molecule has 1 aliphatic heterocycles. The van der Waals surface area contributed by atoms with Gasteiger partial charge in [-0.1, -0.05) is 20.8 Å². The molecular weight excluding hydrogens is 264 g/mol. The van der Waals surface area contributed by atoms with Crippen LogP contribution in [0.25, 0.3) is 0 Å². The molecule has 1 aliphatic rings. The van der Waals surface area contributed by atoms with Gasteiger partial charge in [0.2, 0.25) is 0 Å². The van der Waals surface area contributed by atoms with E-state index in [1.807, 2.05) is 11.3 Å². The smallest absolute Gasteiger partial charge is 0.0334 e. The van der Waals surface area contributed by atoms with Crippen LogP contribution in [0.5, 0.6) is 0 Å². The maximum atomic E-state index is 3.78. The molecule has 0 aromatic carbocycles. The first-order chi connectivity index (χ1) is 9.44. The van der Waals surface area contributed by atoms with Crippen LogP contribution in [0.15, 0.2) is 12.1 Å². The molecule has 114 valence electrons. The van der Waals surface area contributed by atoms with Gasteiger partial charge in [0.1, 0.15) is 0 Å². The van der Waals surface area contributed by atoms with Gasteiger partial charge in [-0.05, 0) is 45.2 Å². The van der Waals surface area contributed by atoms with Crippen molar-refractivity contribution in [2.45, 2.75) is 71.5 Å². The Labute approximate surface area is 128 Å². The number of rotatable bonds is 5. The minimum absolute atomic E-state index is 0.263. The van der Waals surface area contributed by atoms with Crippen LogP contribution in [-0.4, -0.2) is 29.1 Å². The Morgan fingerprint density at radius 1 is 1.15 bits per heavy atom. The summed E-state index contributed by atoms with van der Waals surface area (Å²) in [5, 5.41) is 3.78. The Bertz CT molecular complexity index is 442. The van der Waals surface area contributed by atoms with E-state index in [2.05, 4.69) is 57.0 Å². The summed E-state index contributed by atoms with van der Waals surface area (Å²) in [5.74, 6) is 0. The summed E-state index contributed by atoms with van der Waals surface area (Å²) in [5.41, 5.74) is 0.546. The second-order valence-electron chi connectivity index (χ2n) is 6.70. The van der Waals surface area contributed by atoms with E-state index in [9.17, 15) is 0 Å². The van der Waals surface area contributed by atoms with Crippen molar-refractivity contribution in [3.8, 4) is 0 Å². The van der Waals surface area contributed by atoms with Crippen LogP contribution in [0.2, 0.25) is 0 Å². The van der Waals surface area contributed by atoms with Crippen molar-refractivity contribution >= 4 is 11.3 Å². The topological polar surface area (TPSA) is 15.3 Å². The zero-order chi connectivity index (χ0) is 14.8. The monoisotopic (exact) mass is 294 g/mol. The van der Waals surface area contributed by atoms with Gasteiger partial charge in [-0.25, -0.2) is 0 Å². The number of aryl methyl sites for hydroxylation is 1. The zero-order valence-corrected chi connectivity index (χ0v) is 14.6. The highest BCUT2D eigenvalue weighted by Gasteiger charge is 2.40. The third-order valence-electron chi connectivity index (χ3n) is 5.15. The molecule has 0 radical (unpaired) electrons. The van der Waals surface area contributed by atoms with E-state index in [4.69, 9.17) is 0 Å². The van der Waals surface area contributed by atoms with Gasteiger partial charge >= 0.3 is 0 Å². The van der Waals surface area contributed by atoms with Crippen molar-refractivity contribution in [3.63, 3.8) is 0 Å². The quantitative estimate of drug-likeness (QED) is 0.881. The van der Waals surface area contributed by atoms with Crippen LogP contribution in [-0.2, 0) is 13.0 Å². The molecule has 20 heavy (non-hydrogen) atoms. The molecule has 0 aliphatic carbocycles. The molecule has 2 nitrogen and oxygen atoms in total. The summed E-state index contributed by atoms with van der Waals surface area (Å²) in [4.78, 5) is 5.73. The van der Waals surface area contributed by atoms with Crippen LogP contribution in [0.3, 0.4) is 0 Å². The Hall–Kier alpha value is -0.380. The zero-order valence-electron chi connectivity index (χ0n) is 13.8. The molecule has 2 heterocycles. The Morgan fingerprint density at radius 3 is 2.40 bits per heavy atom. The summed E-state index contributed by atoms with van der Waals surface area (Å²) in [6, 6.07) is 4.62. The van der Waals surface area contributed by atoms with Gasteiger partial charge in [-0.15, -0.1) is 11.3 Å². The van der Waals surface area contributed by atoms with Gasteiger partial charge in [0.25, 0.3) is 0 Å². The first kappa shape index (κ1) is 16.0. The average Bonchev–Trinajstić information content (AvgIpc) is 2.91. The molecule has 1 saturated heterocycles. The lowest BCUT2D eigenvalue weighted by Crippen LogP contribution is -2.67. The van der Waals surface area contributed by atoms with Crippen LogP contribution in [0.4, 0.5) is 0 Å². The molecule has 0 saturated carbocycles. The molecule has 2 rings (SSSR count). The maximum Gasteiger partial charge on any atom is 0.0334 e. The molecule has 1 aromatic heterocycles. The molecule has 0 bridgehead atoms. The second-order valence-corrected chi connectivity index (χ2v) is 7.95. The average molecular weight is 295 g/mol. The standard InChI is InChI=1S/C17H30N2S/c1-6-14-9-10-15(20-14)11-19-13-16(4,7-2)18-12-17(19,5)8-3/h9-10,18H,6-8,11-13H2,1-5H3. The van der Waals surface area contributed by atoms with Crippen molar-refractivity contribution in [1.82, 2.24) is 10.2 Å². The first-order valence-electron chi connectivity index (χ1n) is 8.02. The predicted molar refractivity (Wildman–Crippen MR) is 89.5 cm³/mol. The lowest BCUT2D eigenvalue weighted by Gasteiger charge is -2.52. The Kier molecular flexibility index (Phi) is 4.93. The summed E-state index contributed by atoms with van der Waals surface area (Å²) in [6.07, 6.45) is 3.55. The fraction of sp³-hybridized carbons (Fsp3) is 0.765. The summed E-state index contributed by atoms with van der Waals surface area (Å²) in [7, 11) is 0. The molecular formula is C17H30N2S. The summed E-state index contributed by atoms with van der Waals surface area (Å²) >= 11 is 1.98. The van der Waals surface area contributed by atoms with Gasteiger partial charge in [-0.2, -0.15) is 0 Å². The molecule has 0 amide bonds. The second kappa shape index (κ2) is 6.17. The van der Waals surface area contributed by atoms with Gasteiger partial charge < -0.3 is 5.32 Å². The van der Waals surface area contributed by atoms with Crippen molar-refractivity contribution in [2.24, 2.45) is 0 Å². The summed E-state index contributed by atoms with van der Waals surface area (Å²) in [6.45, 7) is 15.0. The SMILES string of the molecule is CCc1ccc(CN2CC(C)(CC)NCC2(C)CC)s1. The van der Waals surface area contributed by atoms with E-state index in [1.165, 1.54) is 22.6 Å². The molecule has 3 heteroatoms. The fourth-order valence-electron chi connectivity index (χ4n) is 2.90. The Morgan fingerprint density at radius 2 is 1.85 bits per heavy atom. The van der Waals surface area contributed by atoms with Crippen LogP contribution in [0, 0.1) is 0 Å². The molecule has 2 unspecified atom stereocenters. The minimum Gasteiger partial charge on any atom is -0.308 e. The highest BCUT2D eigenvalue weighted by atomic mass is 32.1. The number of nitrogens with one attached hydrogen (secondary N) is 1. The van der Waals surface area contributed by atoms with E-state index in [0.717, 1.165) is 26.1 Å². The number of hydrogen-bond donors (Lipinski definition) is 1. The molecule has 1 N–H and O–H groups in total. The van der Waals surface area contributed by atoms with Crippen molar-refractivity contribution in [2.75, 3.05) is 13.1 Å². The van der Waals surface area contributed by atoms with E-state index >= 15 is 0 Å². The fourth-order valence-corrected chi connectivity index (χ4v) is 3.87. The number of piperazine rings is 1. The van der Waals surface area contributed by atoms with Crippen LogP contribution >= 0.6 is 11.3 Å². The third-order valence-corrected chi connectivity index (χ3v) is 6.37. The highest BCUT2D eigenvalue weighted by Crippen LogP contribution is 2.31. The van der Waals surface area contributed by atoms with E-state index < -0.39 is 0 Å². The maximum absolute atomic E-state index is 3.78. The van der Waals surface area contributed by atoms with Gasteiger partial charge in [-0.3, -0.25) is 4.90 Å². The first-order valence-corrected chi connectivity index (χ1v) is 8.84. The molecule has 2 atom stereocenters. The van der Waals surface area contributed by atoms with Crippen molar-refractivity contribution in [1.29, 1.82) is 0 Å².